The summed E-state index contributed by atoms with van der Waals surface area (Å²) in [7, 11) is 0. The van der Waals surface area contributed by atoms with Crippen molar-refractivity contribution >= 4 is 120 Å². The van der Waals surface area contributed by atoms with E-state index in [0.717, 1.165) is 24.3 Å². The van der Waals surface area contributed by atoms with Gasteiger partial charge in [-0.25, -0.2) is 9.98 Å². The third kappa shape index (κ3) is 4.43. The lowest BCUT2D eigenvalue weighted by atomic mass is 9.89. The van der Waals surface area contributed by atoms with Gasteiger partial charge in [-0.3, -0.25) is 4.90 Å². The van der Waals surface area contributed by atoms with E-state index >= 15 is 0 Å². The fourth-order valence-corrected chi connectivity index (χ4v) is 12.6. The van der Waals surface area contributed by atoms with E-state index in [1.807, 2.05) is 11.3 Å². The molecule has 0 N–H and O–H groups in total. The maximum atomic E-state index is 5.72. The predicted molar refractivity (Wildman–Crippen MR) is 242 cm³/mol. The minimum Gasteiger partial charge on any atom is -0.288 e. The highest BCUT2D eigenvalue weighted by atomic mass is 127. The van der Waals surface area contributed by atoms with Crippen LogP contribution in [-0.2, 0) is 0 Å². The van der Waals surface area contributed by atoms with Crippen LogP contribution in [0.5, 0.6) is 0 Å². The highest BCUT2D eigenvalue weighted by molar-refractivity contribution is 14.2. The summed E-state index contributed by atoms with van der Waals surface area (Å²) in [5.41, 5.74) is 7.14. The number of rotatable bonds is 2. The molecule has 0 amide bonds. The lowest BCUT2D eigenvalue weighted by molar-refractivity contribution is 1.37. The van der Waals surface area contributed by atoms with Gasteiger partial charge in [0.25, 0.3) is 0 Å². The molecule has 1 aromatic heterocycles. The van der Waals surface area contributed by atoms with Crippen molar-refractivity contribution in [1.82, 2.24) is 0 Å². The third-order valence-electron chi connectivity index (χ3n) is 10.9. The quantitative estimate of drug-likeness (QED) is 0.0970. The number of benzene rings is 9. The van der Waals surface area contributed by atoms with Crippen molar-refractivity contribution in [2.24, 2.45) is 9.98 Å². The number of nitrogens with zero attached hydrogens (tertiary/aromatic N) is 3. The van der Waals surface area contributed by atoms with Crippen molar-refractivity contribution in [3.8, 4) is 11.1 Å². The molecule has 0 bridgehead atoms. The highest BCUT2D eigenvalue weighted by Crippen LogP contribution is 2.52. The van der Waals surface area contributed by atoms with E-state index in [0.29, 0.717) is 0 Å². The standard InChI is InChI=1S/C49H28IN3S/c1-4-17-33-29(12-1)26-27-38-37-21-9-14-30-15-10-24-42(44(30)37)53(45(33)38)49-50-47(40-23-11-22-39-36-20-7-8-25-43(36)54-46(39)40)51-48(52-49)41-28-31-13-2-3-16-32(31)34-18-5-6-19-35(34)41/h1-28H. The number of amidine groups is 2. The zero-order valence-corrected chi connectivity index (χ0v) is 31.8. The molecule has 0 unspecified atom stereocenters. The first kappa shape index (κ1) is 30.4. The van der Waals surface area contributed by atoms with Crippen LogP contribution in [-0.4, -0.2) is 13.3 Å². The average molecular weight is 818 g/mol. The van der Waals surface area contributed by atoms with Crippen molar-refractivity contribution in [3.05, 3.63) is 181 Å². The number of fused-ring (bicyclic) bond motifs is 10. The lowest BCUT2D eigenvalue weighted by Crippen LogP contribution is -2.28. The molecule has 10 aromatic rings. The SMILES string of the molecule is c1ccc2c3c(ccc2c1)-c1cccc2cccc(c12)N3C1=NC(c2cc3ccccc3c3ccccc23)=NC(c2cccc3c2sc2ccccc23)=I1. The Kier molecular flexibility index (Phi) is 6.62. The average Bonchev–Trinajstić information content (AvgIpc) is 3.62. The first-order chi connectivity index (χ1) is 26.8. The summed E-state index contributed by atoms with van der Waals surface area (Å²) >= 11 is 1.00. The number of halogens is 1. The fraction of sp³-hybridized carbons (Fsp3) is 0. The molecule has 3 heterocycles. The molecule has 0 saturated heterocycles. The molecule has 0 spiro atoms. The zero-order chi connectivity index (χ0) is 35.3. The molecule has 2 aliphatic rings. The second kappa shape index (κ2) is 11.7. The minimum absolute atomic E-state index is 0.763. The Hall–Kier alpha value is -6.02. The topological polar surface area (TPSA) is 28.0 Å². The van der Waals surface area contributed by atoms with Gasteiger partial charge in [0.2, 0.25) is 0 Å². The molecule has 2 aliphatic heterocycles. The molecule has 3 nitrogen and oxygen atoms in total. The van der Waals surface area contributed by atoms with Crippen molar-refractivity contribution < 1.29 is 0 Å². The third-order valence-corrected chi connectivity index (χ3v) is 14.7. The number of aliphatic imine (C=N–C) groups is 2. The molecule has 0 saturated carbocycles. The van der Waals surface area contributed by atoms with E-state index in [1.165, 1.54) is 85.9 Å². The van der Waals surface area contributed by atoms with E-state index < -0.39 is 20.7 Å². The monoisotopic (exact) mass is 817 g/mol. The lowest BCUT2D eigenvalue weighted by Gasteiger charge is -2.34. The highest BCUT2D eigenvalue weighted by Gasteiger charge is 2.32. The van der Waals surface area contributed by atoms with Crippen LogP contribution in [0, 0.1) is 0 Å². The molecule has 0 aliphatic carbocycles. The summed E-state index contributed by atoms with van der Waals surface area (Å²) in [6.07, 6.45) is 0. The van der Waals surface area contributed by atoms with Crippen molar-refractivity contribution in [2.45, 2.75) is 0 Å². The summed E-state index contributed by atoms with van der Waals surface area (Å²) in [6, 6.07) is 62.0. The predicted octanol–water partition coefficient (Wildman–Crippen LogP) is 13.8. The maximum absolute atomic E-state index is 5.72. The Bertz CT molecular complexity index is 3350. The van der Waals surface area contributed by atoms with Gasteiger partial charge < -0.3 is 0 Å². The maximum Gasteiger partial charge on any atom is 0.174 e. The summed E-state index contributed by atoms with van der Waals surface area (Å²) in [6.45, 7) is 0. The number of hydrogen-bond donors (Lipinski definition) is 0. The van der Waals surface area contributed by atoms with Crippen molar-refractivity contribution in [2.75, 3.05) is 4.90 Å². The van der Waals surface area contributed by atoms with Crippen LogP contribution in [0.25, 0.3) is 74.4 Å². The van der Waals surface area contributed by atoms with Crippen LogP contribution in [0.4, 0.5) is 11.4 Å². The van der Waals surface area contributed by atoms with Crippen LogP contribution in [0.3, 0.4) is 0 Å². The molecule has 54 heavy (non-hydrogen) atoms. The van der Waals surface area contributed by atoms with E-state index in [2.05, 4.69) is 175 Å². The van der Waals surface area contributed by atoms with Gasteiger partial charge in [-0.05, 0) is 76.8 Å². The van der Waals surface area contributed by atoms with Gasteiger partial charge in [0.05, 0.1) is 11.4 Å². The van der Waals surface area contributed by atoms with E-state index in [1.54, 1.807) is 0 Å². The van der Waals surface area contributed by atoms with Gasteiger partial charge in [-0.1, -0.05) is 152 Å². The summed E-state index contributed by atoms with van der Waals surface area (Å²) in [5.74, 6) is 0.763. The van der Waals surface area contributed by atoms with Crippen LogP contribution in [0.2, 0.25) is 0 Å². The molecule has 5 heteroatoms. The smallest absolute Gasteiger partial charge is 0.174 e. The fourth-order valence-electron chi connectivity index (χ4n) is 8.56. The molecular formula is C49H28IN3S. The molecule has 0 atom stereocenters. The minimum atomic E-state index is -0.870. The number of hydrogen-bond acceptors (Lipinski definition) is 4. The van der Waals surface area contributed by atoms with Crippen molar-refractivity contribution in [3.63, 3.8) is 0 Å². The molecule has 0 fully saturated rings. The molecule has 252 valence electrons. The number of anilines is 2. The van der Waals surface area contributed by atoms with Gasteiger partial charge in [-0.2, -0.15) is 0 Å². The molecule has 9 aromatic carbocycles. The van der Waals surface area contributed by atoms with Gasteiger partial charge in [0.1, 0.15) is 3.63 Å². The van der Waals surface area contributed by atoms with E-state index in [9.17, 15) is 0 Å². The first-order valence-corrected chi connectivity index (χ1v) is 21.1. The Balaban J connectivity index is 1.20. The summed E-state index contributed by atoms with van der Waals surface area (Å²) < 4.78 is 4.80. The number of thiophene rings is 1. The normalized spacial score (nSPS) is 14.0. The Morgan fingerprint density at radius 3 is 2.00 bits per heavy atom. The van der Waals surface area contributed by atoms with Gasteiger partial charge in [0, 0.05) is 47.6 Å². The van der Waals surface area contributed by atoms with Crippen LogP contribution in [0.1, 0.15) is 11.1 Å². The van der Waals surface area contributed by atoms with Gasteiger partial charge in [0.15, 0.2) is 9.68 Å². The second-order valence-corrected chi connectivity index (χ2v) is 17.5. The Morgan fingerprint density at radius 1 is 0.444 bits per heavy atom. The van der Waals surface area contributed by atoms with Gasteiger partial charge >= 0.3 is 0 Å². The Labute approximate surface area is 324 Å². The summed E-state index contributed by atoms with van der Waals surface area (Å²) in [5, 5.41) is 12.3. The molecule has 12 rings (SSSR count). The van der Waals surface area contributed by atoms with E-state index in [4.69, 9.17) is 9.98 Å². The van der Waals surface area contributed by atoms with Crippen molar-refractivity contribution in [1.29, 1.82) is 0 Å². The Morgan fingerprint density at radius 2 is 1.11 bits per heavy atom. The first-order valence-electron chi connectivity index (χ1n) is 18.1. The van der Waals surface area contributed by atoms with Crippen LogP contribution >= 0.6 is 32.1 Å². The molecule has 0 radical (unpaired) electrons. The van der Waals surface area contributed by atoms with Crippen LogP contribution < -0.4 is 4.90 Å². The second-order valence-electron chi connectivity index (χ2n) is 13.9. The van der Waals surface area contributed by atoms with Crippen LogP contribution in [0.15, 0.2) is 180 Å². The zero-order valence-electron chi connectivity index (χ0n) is 28.8. The van der Waals surface area contributed by atoms with E-state index in [-0.39, 0.29) is 0 Å². The van der Waals surface area contributed by atoms with Gasteiger partial charge in [-0.15, -0.1) is 11.3 Å². The summed E-state index contributed by atoms with van der Waals surface area (Å²) in [4.78, 5) is 13.9. The largest absolute Gasteiger partial charge is 0.288 e. The molecular weight excluding hydrogens is 790 g/mol.